The average Bonchev–Trinajstić information content (AvgIpc) is 3.10. The fourth-order valence-electron chi connectivity index (χ4n) is 2.46. The standard InChI is InChI=1S/C16H19N3OS/c1-18(2)13-7-5-12(6-8-13)11-14-15(20)17-16(21-14)19-9-3-4-10-19/h5-8,11H,3-4,9-10H2,1-2H3/b14-11-. The molecule has 0 spiro atoms. The predicted octanol–water partition coefficient (Wildman–Crippen LogP) is 2.82. The zero-order valence-electron chi connectivity index (χ0n) is 12.4. The second-order valence-electron chi connectivity index (χ2n) is 5.49. The molecule has 0 radical (unpaired) electrons. The lowest BCUT2D eigenvalue weighted by atomic mass is 10.2. The first-order valence-electron chi connectivity index (χ1n) is 7.18. The molecule has 21 heavy (non-hydrogen) atoms. The second-order valence-corrected chi connectivity index (χ2v) is 6.50. The molecule has 5 heteroatoms. The van der Waals surface area contributed by atoms with Crippen LogP contribution in [0.4, 0.5) is 5.69 Å². The predicted molar refractivity (Wildman–Crippen MR) is 89.6 cm³/mol. The summed E-state index contributed by atoms with van der Waals surface area (Å²) in [5.41, 5.74) is 2.19. The summed E-state index contributed by atoms with van der Waals surface area (Å²) in [6, 6.07) is 8.17. The molecule has 0 aliphatic carbocycles. The van der Waals surface area contributed by atoms with Crippen LogP contribution in [0.5, 0.6) is 0 Å². The number of amides is 1. The van der Waals surface area contributed by atoms with Crippen LogP contribution < -0.4 is 4.90 Å². The quantitative estimate of drug-likeness (QED) is 0.787. The van der Waals surface area contributed by atoms with Gasteiger partial charge in [-0.2, -0.15) is 4.99 Å². The van der Waals surface area contributed by atoms with Gasteiger partial charge in [0.05, 0.1) is 4.91 Å². The number of hydrogen-bond acceptors (Lipinski definition) is 4. The number of carbonyl (C=O) groups is 1. The van der Waals surface area contributed by atoms with Crippen molar-refractivity contribution in [2.24, 2.45) is 4.99 Å². The molecule has 2 heterocycles. The van der Waals surface area contributed by atoms with Gasteiger partial charge in [-0.1, -0.05) is 12.1 Å². The highest BCUT2D eigenvalue weighted by atomic mass is 32.2. The minimum absolute atomic E-state index is 0.112. The Morgan fingerprint density at radius 3 is 2.48 bits per heavy atom. The van der Waals surface area contributed by atoms with E-state index in [2.05, 4.69) is 26.9 Å². The molecule has 1 saturated heterocycles. The summed E-state index contributed by atoms with van der Waals surface area (Å²) in [5.74, 6) is -0.112. The Bertz CT molecular complexity index is 598. The van der Waals surface area contributed by atoms with Gasteiger partial charge in [0, 0.05) is 32.9 Å². The first-order chi connectivity index (χ1) is 10.1. The highest BCUT2D eigenvalue weighted by molar-refractivity contribution is 8.18. The third-order valence-electron chi connectivity index (χ3n) is 3.69. The zero-order chi connectivity index (χ0) is 14.8. The first kappa shape index (κ1) is 14.2. The van der Waals surface area contributed by atoms with E-state index in [1.807, 2.05) is 32.3 Å². The normalized spacial score (nSPS) is 20.3. The van der Waals surface area contributed by atoms with E-state index >= 15 is 0 Å². The number of thioether (sulfide) groups is 1. The lowest BCUT2D eigenvalue weighted by Crippen LogP contribution is -2.23. The van der Waals surface area contributed by atoms with Crippen LogP contribution in [0, 0.1) is 0 Å². The van der Waals surface area contributed by atoms with Crippen LogP contribution in [0.25, 0.3) is 6.08 Å². The van der Waals surface area contributed by atoms with Crippen molar-refractivity contribution < 1.29 is 4.79 Å². The number of rotatable bonds is 2. The second kappa shape index (κ2) is 5.93. The summed E-state index contributed by atoms with van der Waals surface area (Å²) in [6.07, 6.45) is 4.32. The maximum absolute atomic E-state index is 12.0. The van der Waals surface area contributed by atoms with E-state index in [1.54, 1.807) is 0 Å². The molecule has 0 N–H and O–H groups in total. The van der Waals surface area contributed by atoms with Crippen LogP contribution in [-0.2, 0) is 4.79 Å². The van der Waals surface area contributed by atoms with E-state index in [1.165, 1.54) is 24.6 Å². The summed E-state index contributed by atoms with van der Waals surface area (Å²) >= 11 is 1.50. The van der Waals surface area contributed by atoms with Crippen LogP contribution in [0.2, 0.25) is 0 Å². The average molecular weight is 301 g/mol. The largest absolute Gasteiger partial charge is 0.378 e. The number of amidine groups is 1. The fourth-order valence-corrected chi connectivity index (χ4v) is 3.43. The lowest BCUT2D eigenvalue weighted by molar-refractivity contribution is -0.113. The molecule has 0 atom stereocenters. The van der Waals surface area contributed by atoms with Gasteiger partial charge in [0.1, 0.15) is 0 Å². The summed E-state index contributed by atoms with van der Waals surface area (Å²) in [5, 5.41) is 0.869. The van der Waals surface area contributed by atoms with E-state index < -0.39 is 0 Å². The molecular formula is C16H19N3OS. The Morgan fingerprint density at radius 1 is 1.19 bits per heavy atom. The van der Waals surface area contributed by atoms with E-state index in [0.29, 0.717) is 0 Å². The highest BCUT2D eigenvalue weighted by Gasteiger charge is 2.27. The van der Waals surface area contributed by atoms with Crippen molar-refractivity contribution in [1.82, 2.24) is 4.90 Å². The zero-order valence-corrected chi connectivity index (χ0v) is 13.2. The molecule has 1 aromatic rings. The SMILES string of the molecule is CN(C)c1ccc(/C=C2\SC(N3CCCC3)=NC2=O)cc1. The Balaban J connectivity index is 1.74. The van der Waals surface area contributed by atoms with Crippen molar-refractivity contribution in [1.29, 1.82) is 0 Å². The Kier molecular flexibility index (Phi) is 4.01. The van der Waals surface area contributed by atoms with Crippen molar-refractivity contribution in [2.45, 2.75) is 12.8 Å². The van der Waals surface area contributed by atoms with Gasteiger partial charge in [0.25, 0.3) is 5.91 Å². The molecule has 0 saturated carbocycles. The maximum Gasteiger partial charge on any atom is 0.286 e. The lowest BCUT2D eigenvalue weighted by Gasteiger charge is -2.14. The van der Waals surface area contributed by atoms with Crippen molar-refractivity contribution in [3.63, 3.8) is 0 Å². The van der Waals surface area contributed by atoms with Crippen molar-refractivity contribution in [3.05, 3.63) is 34.7 Å². The van der Waals surface area contributed by atoms with Gasteiger partial charge in [-0.3, -0.25) is 4.79 Å². The molecule has 110 valence electrons. The Morgan fingerprint density at radius 2 is 1.86 bits per heavy atom. The monoisotopic (exact) mass is 301 g/mol. The third kappa shape index (κ3) is 3.13. The Labute approximate surface area is 129 Å². The van der Waals surface area contributed by atoms with Crippen LogP contribution in [-0.4, -0.2) is 43.2 Å². The molecule has 2 aliphatic rings. The molecular weight excluding hydrogens is 282 g/mol. The molecule has 1 fully saturated rings. The number of nitrogens with zero attached hydrogens (tertiary/aromatic N) is 3. The van der Waals surface area contributed by atoms with E-state index in [4.69, 9.17) is 0 Å². The molecule has 0 aromatic heterocycles. The van der Waals surface area contributed by atoms with Gasteiger partial charge < -0.3 is 9.80 Å². The topological polar surface area (TPSA) is 35.9 Å². The molecule has 0 unspecified atom stereocenters. The smallest absolute Gasteiger partial charge is 0.286 e. The summed E-state index contributed by atoms with van der Waals surface area (Å²) in [4.78, 5) is 21.2. The number of hydrogen-bond donors (Lipinski definition) is 0. The molecule has 3 rings (SSSR count). The molecule has 1 amide bonds. The number of benzene rings is 1. The summed E-state index contributed by atoms with van der Waals surface area (Å²) in [6.45, 7) is 2.04. The first-order valence-corrected chi connectivity index (χ1v) is 8.00. The number of carbonyl (C=O) groups excluding carboxylic acids is 1. The molecule has 2 aliphatic heterocycles. The molecule has 0 bridgehead atoms. The van der Waals surface area contributed by atoms with Gasteiger partial charge in [-0.15, -0.1) is 0 Å². The van der Waals surface area contributed by atoms with Gasteiger partial charge in [-0.05, 0) is 48.4 Å². The minimum atomic E-state index is -0.112. The van der Waals surface area contributed by atoms with Gasteiger partial charge in [0.2, 0.25) is 0 Å². The number of anilines is 1. The van der Waals surface area contributed by atoms with Crippen molar-refractivity contribution in [3.8, 4) is 0 Å². The van der Waals surface area contributed by atoms with Crippen LogP contribution >= 0.6 is 11.8 Å². The number of aliphatic imine (C=N–C) groups is 1. The van der Waals surface area contributed by atoms with Crippen molar-refractivity contribution >= 4 is 34.6 Å². The maximum atomic E-state index is 12.0. The van der Waals surface area contributed by atoms with E-state index in [-0.39, 0.29) is 5.91 Å². The summed E-state index contributed by atoms with van der Waals surface area (Å²) < 4.78 is 0. The van der Waals surface area contributed by atoms with E-state index in [9.17, 15) is 4.79 Å². The number of likely N-dealkylation sites (tertiary alicyclic amines) is 1. The highest BCUT2D eigenvalue weighted by Crippen LogP contribution is 2.31. The van der Waals surface area contributed by atoms with Gasteiger partial charge >= 0.3 is 0 Å². The summed E-state index contributed by atoms with van der Waals surface area (Å²) in [7, 11) is 4.03. The van der Waals surface area contributed by atoms with Crippen LogP contribution in [0.15, 0.2) is 34.2 Å². The molecule has 4 nitrogen and oxygen atoms in total. The third-order valence-corrected chi connectivity index (χ3v) is 4.74. The minimum Gasteiger partial charge on any atom is -0.378 e. The van der Waals surface area contributed by atoms with Crippen LogP contribution in [0.1, 0.15) is 18.4 Å². The van der Waals surface area contributed by atoms with Crippen molar-refractivity contribution in [2.75, 3.05) is 32.1 Å². The van der Waals surface area contributed by atoms with Gasteiger partial charge in [0.15, 0.2) is 5.17 Å². The fraction of sp³-hybridized carbons (Fsp3) is 0.375. The van der Waals surface area contributed by atoms with Crippen LogP contribution in [0.3, 0.4) is 0 Å². The molecule has 1 aromatic carbocycles. The van der Waals surface area contributed by atoms with E-state index in [0.717, 1.165) is 34.4 Å². The Hall–Kier alpha value is -1.75. The van der Waals surface area contributed by atoms with Gasteiger partial charge in [-0.25, -0.2) is 0 Å².